The Bertz CT molecular complexity index is 565. The zero-order valence-corrected chi connectivity index (χ0v) is 14.2. The average molecular weight is 324 g/mol. The number of hydrogen-bond acceptors (Lipinski definition) is 3. The first-order valence-corrected chi connectivity index (χ1v) is 7.57. The van der Waals surface area contributed by atoms with Crippen molar-refractivity contribution in [1.29, 1.82) is 0 Å². The van der Waals surface area contributed by atoms with E-state index in [1.807, 2.05) is 27.7 Å². The normalized spacial score (nSPS) is 12.9. The van der Waals surface area contributed by atoms with Crippen LogP contribution in [0.15, 0.2) is 18.2 Å². The van der Waals surface area contributed by atoms with E-state index >= 15 is 0 Å². The van der Waals surface area contributed by atoms with Crippen molar-refractivity contribution in [1.82, 2.24) is 5.32 Å². The Balaban J connectivity index is 2.62. The maximum Gasteiger partial charge on any atom is 0.313 e. The summed E-state index contributed by atoms with van der Waals surface area (Å²) < 4.78 is 13.3. The summed E-state index contributed by atoms with van der Waals surface area (Å²) in [6.07, 6.45) is -0.614. The minimum absolute atomic E-state index is 0.0333. The topological polar surface area (TPSA) is 78.4 Å². The van der Waals surface area contributed by atoms with Crippen LogP contribution in [0.1, 0.15) is 33.3 Å². The third kappa shape index (κ3) is 5.63. The number of anilines is 1. The van der Waals surface area contributed by atoms with Gasteiger partial charge in [-0.05, 0) is 36.6 Å². The van der Waals surface area contributed by atoms with Crippen molar-refractivity contribution in [2.45, 2.75) is 40.7 Å². The number of amides is 2. The first-order chi connectivity index (χ1) is 10.5. The van der Waals surface area contributed by atoms with Crippen molar-refractivity contribution in [3.8, 4) is 0 Å². The van der Waals surface area contributed by atoms with Gasteiger partial charge >= 0.3 is 11.8 Å². The summed E-state index contributed by atoms with van der Waals surface area (Å²) in [6, 6.07) is 4.04. The van der Waals surface area contributed by atoms with Gasteiger partial charge in [0.15, 0.2) is 0 Å². The molecule has 0 saturated heterocycles. The van der Waals surface area contributed by atoms with Gasteiger partial charge in [0.05, 0.1) is 6.10 Å². The van der Waals surface area contributed by atoms with Gasteiger partial charge in [-0.1, -0.05) is 27.7 Å². The molecule has 3 N–H and O–H groups in total. The second kappa shape index (κ2) is 7.55. The van der Waals surface area contributed by atoms with Crippen molar-refractivity contribution < 1.29 is 19.1 Å². The van der Waals surface area contributed by atoms with Crippen molar-refractivity contribution in [3.05, 3.63) is 29.6 Å². The number of aliphatic hydroxyl groups excluding tert-OH is 1. The third-order valence-electron chi connectivity index (χ3n) is 3.64. The van der Waals surface area contributed by atoms with E-state index < -0.39 is 29.2 Å². The zero-order valence-electron chi connectivity index (χ0n) is 14.2. The van der Waals surface area contributed by atoms with E-state index in [9.17, 15) is 19.1 Å². The van der Waals surface area contributed by atoms with Crippen LogP contribution >= 0.6 is 0 Å². The van der Waals surface area contributed by atoms with E-state index in [1.165, 1.54) is 6.07 Å². The number of carbonyl (C=O) groups excluding carboxylic acids is 2. The van der Waals surface area contributed by atoms with Gasteiger partial charge in [-0.25, -0.2) is 4.39 Å². The number of benzene rings is 1. The molecule has 0 fully saturated rings. The summed E-state index contributed by atoms with van der Waals surface area (Å²) >= 11 is 0. The largest absolute Gasteiger partial charge is 0.392 e. The smallest absolute Gasteiger partial charge is 0.313 e. The minimum Gasteiger partial charge on any atom is -0.392 e. The summed E-state index contributed by atoms with van der Waals surface area (Å²) in [6.45, 7) is 9.23. The number of hydrogen-bond donors (Lipinski definition) is 3. The van der Waals surface area contributed by atoms with E-state index in [1.54, 1.807) is 13.0 Å². The molecule has 0 heterocycles. The number of rotatable bonds is 5. The highest BCUT2D eigenvalue weighted by Gasteiger charge is 2.31. The van der Waals surface area contributed by atoms with Crippen molar-refractivity contribution in [2.24, 2.45) is 11.3 Å². The van der Waals surface area contributed by atoms with Crippen LogP contribution in [0, 0.1) is 24.1 Å². The van der Waals surface area contributed by atoms with Gasteiger partial charge < -0.3 is 15.7 Å². The Morgan fingerprint density at radius 2 is 1.83 bits per heavy atom. The standard InChI is InChI=1S/C17H25FN2O3/c1-10(2)14(21)17(4,5)9-19-15(22)16(23)20-13-7-11(3)6-12(18)8-13/h6-8,10,14,21H,9H2,1-5H3,(H,19,22)(H,20,23). The molecule has 128 valence electrons. The van der Waals surface area contributed by atoms with Gasteiger partial charge in [-0.3, -0.25) is 9.59 Å². The Morgan fingerprint density at radius 3 is 2.35 bits per heavy atom. The fourth-order valence-corrected chi connectivity index (χ4v) is 2.39. The Hall–Kier alpha value is -1.95. The van der Waals surface area contributed by atoms with Gasteiger partial charge in [-0.2, -0.15) is 0 Å². The second-order valence-corrected chi connectivity index (χ2v) is 6.83. The van der Waals surface area contributed by atoms with Crippen molar-refractivity contribution in [3.63, 3.8) is 0 Å². The van der Waals surface area contributed by atoms with Gasteiger partial charge in [-0.15, -0.1) is 0 Å². The van der Waals surface area contributed by atoms with Crippen LogP contribution in [0.3, 0.4) is 0 Å². The molecular formula is C17H25FN2O3. The molecule has 1 aromatic rings. The molecule has 6 heteroatoms. The summed E-state index contributed by atoms with van der Waals surface area (Å²) in [5, 5.41) is 15.0. The lowest BCUT2D eigenvalue weighted by atomic mass is 9.81. The fraction of sp³-hybridized carbons (Fsp3) is 0.529. The second-order valence-electron chi connectivity index (χ2n) is 6.83. The SMILES string of the molecule is Cc1cc(F)cc(NC(=O)C(=O)NCC(C)(C)C(O)C(C)C)c1. The van der Waals surface area contributed by atoms with Crippen LogP contribution in [-0.4, -0.2) is 29.6 Å². The number of carbonyl (C=O) groups is 2. The van der Waals surface area contributed by atoms with Crippen LogP contribution in [-0.2, 0) is 9.59 Å². The lowest BCUT2D eigenvalue weighted by molar-refractivity contribution is -0.136. The number of aliphatic hydroxyl groups is 1. The van der Waals surface area contributed by atoms with Gasteiger partial charge in [0, 0.05) is 17.6 Å². The highest BCUT2D eigenvalue weighted by molar-refractivity contribution is 6.39. The maximum atomic E-state index is 13.3. The first kappa shape index (κ1) is 19.1. The molecule has 0 spiro atoms. The molecule has 0 radical (unpaired) electrons. The van der Waals surface area contributed by atoms with E-state index in [2.05, 4.69) is 10.6 Å². The molecule has 0 aliphatic heterocycles. The molecule has 1 rings (SSSR count). The molecule has 1 unspecified atom stereocenters. The monoisotopic (exact) mass is 324 g/mol. The molecule has 0 aliphatic rings. The third-order valence-corrected chi connectivity index (χ3v) is 3.64. The molecule has 1 atom stereocenters. The highest BCUT2D eigenvalue weighted by atomic mass is 19.1. The van der Waals surface area contributed by atoms with Crippen LogP contribution in [0.25, 0.3) is 0 Å². The maximum absolute atomic E-state index is 13.3. The molecule has 0 bridgehead atoms. The lowest BCUT2D eigenvalue weighted by Gasteiger charge is -2.33. The van der Waals surface area contributed by atoms with Gasteiger partial charge in [0.1, 0.15) is 5.82 Å². The summed E-state index contributed by atoms with van der Waals surface area (Å²) in [5.41, 5.74) is 0.297. The average Bonchev–Trinajstić information content (AvgIpc) is 2.42. The van der Waals surface area contributed by atoms with E-state index in [-0.39, 0.29) is 18.2 Å². The van der Waals surface area contributed by atoms with Crippen molar-refractivity contribution >= 4 is 17.5 Å². The number of aryl methyl sites for hydroxylation is 1. The van der Waals surface area contributed by atoms with Gasteiger partial charge in [0.25, 0.3) is 0 Å². The Kier molecular flexibility index (Phi) is 6.27. The molecule has 2 amide bonds. The van der Waals surface area contributed by atoms with Crippen molar-refractivity contribution in [2.75, 3.05) is 11.9 Å². The van der Waals surface area contributed by atoms with E-state index in [4.69, 9.17) is 0 Å². The predicted octanol–water partition coefficient (Wildman–Crippen LogP) is 2.23. The summed E-state index contributed by atoms with van der Waals surface area (Å²) in [4.78, 5) is 23.7. The van der Waals surface area contributed by atoms with E-state index in [0.29, 0.717) is 5.56 Å². The van der Waals surface area contributed by atoms with Crippen LogP contribution in [0.5, 0.6) is 0 Å². The molecular weight excluding hydrogens is 299 g/mol. The molecule has 23 heavy (non-hydrogen) atoms. The molecule has 0 aromatic heterocycles. The van der Waals surface area contributed by atoms with Crippen LogP contribution in [0.2, 0.25) is 0 Å². The quantitative estimate of drug-likeness (QED) is 0.727. The van der Waals surface area contributed by atoms with Gasteiger partial charge in [0.2, 0.25) is 0 Å². The van der Waals surface area contributed by atoms with E-state index in [0.717, 1.165) is 6.07 Å². The number of nitrogens with one attached hydrogen (secondary N) is 2. The van der Waals surface area contributed by atoms with Crippen LogP contribution in [0.4, 0.5) is 10.1 Å². The Morgan fingerprint density at radius 1 is 1.22 bits per heavy atom. The summed E-state index contributed by atoms with van der Waals surface area (Å²) in [5.74, 6) is -2.14. The Labute approximate surface area is 136 Å². The summed E-state index contributed by atoms with van der Waals surface area (Å²) in [7, 11) is 0. The highest BCUT2D eigenvalue weighted by Crippen LogP contribution is 2.25. The van der Waals surface area contributed by atoms with Crippen LogP contribution < -0.4 is 10.6 Å². The lowest BCUT2D eigenvalue weighted by Crippen LogP contribution is -2.46. The number of halogens is 1. The predicted molar refractivity (Wildman–Crippen MR) is 87.4 cm³/mol. The minimum atomic E-state index is -0.871. The zero-order chi connectivity index (χ0) is 17.8. The fourth-order valence-electron chi connectivity index (χ4n) is 2.39. The molecule has 0 saturated carbocycles. The molecule has 5 nitrogen and oxygen atoms in total. The molecule has 1 aromatic carbocycles. The molecule has 0 aliphatic carbocycles. The first-order valence-electron chi connectivity index (χ1n) is 7.57.